The van der Waals surface area contributed by atoms with Gasteiger partial charge in [0.2, 0.25) is 0 Å². The van der Waals surface area contributed by atoms with Gasteiger partial charge in [0.1, 0.15) is 11.5 Å². The zero-order valence-corrected chi connectivity index (χ0v) is 33.9. The molecule has 0 spiro atoms. The number of benzene rings is 2. The molecule has 4 heteroatoms. The van der Waals surface area contributed by atoms with Gasteiger partial charge in [0.25, 0.3) is 0 Å². The summed E-state index contributed by atoms with van der Waals surface area (Å²) >= 11 is 0. The Kier molecular flexibility index (Phi) is 10.6. The Morgan fingerprint density at radius 3 is 1.39 bits per heavy atom. The van der Waals surface area contributed by atoms with Crippen LogP contribution in [0.3, 0.4) is 0 Å². The minimum absolute atomic E-state index is 0.429. The van der Waals surface area contributed by atoms with Gasteiger partial charge in [0, 0.05) is 36.0 Å². The molecule has 4 saturated carbocycles. The van der Waals surface area contributed by atoms with Crippen LogP contribution in [0, 0.1) is 23.7 Å². The van der Waals surface area contributed by atoms with Crippen molar-refractivity contribution in [3.05, 3.63) is 58.7 Å². The van der Waals surface area contributed by atoms with Gasteiger partial charge in [-0.1, -0.05) is 76.3 Å². The molecule has 2 aliphatic heterocycles. The van der Waals surface area contributed by atoms with Crippen LogP contribution in [0.2, 0.25) is 0 Å². The summed E-state index contributed by atoms with van der Waals surface area (Å²) in [5, 5.41) is 0. The highest BCUT2D eigenvalue weighted by atomic mass is 16.5. The molecule has 6 fully saturated rings. The minimum Gasteiger partial charge on any atom is -0.494 e. The molecule has 2 aromatic rings. The SMILES string of the molecule is c1cc2c(cc1OCCCCCCCCCCOc1ccc3c(c1)[C@]14CCCC[C@H]1[C@H](C3)N(CC1CC1)CC4)[C@]13CCCC[C@H]1[C@H](C2)N(CC1CC1)CC3. The summed E-state index contributed by atoms with van der Waals surface area (Å²) in [6.07, 6.45) is 32.9. The monoisotopic (exact) mass is 733 g/mol. The summed E-state index contributed by atoms with van der Waals surface area (Å²) in [6, 6.07) is 16.1. The molecule has 4 bridgehead atoms. The molecular weight excluding hydrogens is 661 g/mol. The standard InChI is InChI=1S/C50H72N2O2/c1(3-5-11-29-53-41-21-19-39-31-47-43-13-7-9-23-49(43,45(39)33-41)25-27-51(47)35-37-15-16-37)2-4-6-12-30-54-42-22-20-40-32-48-44-14-8-10-24-50(44,46(40)34-42)26-28-52(48)36-38-17-18-38/h19-22,33-34,37-38,43-44,47-48H,1-18,23-32,35-36H2/t43-,44-,47-,48-,49-,50-/m0/s1. The van der Waals surface area contributed by atoms with E-state index in [1.165, 1.54) is 180 Å². The normalized spacial score (nSPS) is 33.0. The number of nitrogens with zero attached hydrogens (tertiary/aromatic N) is 2. The van der Waals surface area contributed by atoms with Crippen LogP contribution in [0.25, 0.3) is 0 Å². The van der Waals surface area contributed by atoms with E-state index in [2.05, 4.69) is 46.2 Å². The van der Waals surface area contributed by atoms with Crippen LogP contribution in [-0.4, -0.2) is 61.3 Å². The van der Waals surface area contributed by atoms with Crippen molar-refractivity contribution in [3.8, 4) is 11.5 Å². The Morgan fingerprint density at radius 2 is 0.944 bits per heavy atom. The Bertz CT molecular complexity index is 1480. The molecule has 8 aliphatic rings. The third kappa shape index (κ3) is 7.20. The van der Waals surface area contributed by atoms with Crippen LogP contribution in [0.5, 0.6) is 11.5 Å². The number of hydrogen-bond donors (Lipinski definition) is 0. The van der Waals surface area contributed by atoms with Gasteiger partial charge in [-0.05, 0) is 173 Å². The molecule has 2 aromatic carbocycles. The maximum Gasteiger partial charge on any atom is 0.119 e. The summed E-state index contributed by atoms with van der Waals surface area (Å²) in [6.45, 7) is 7.14. The van der Waals surface area contributed by atoms with Gasteiger partial charge in [0.15, 0.2) is 0 Å². The number of ether oxygens (including phenoxy) is 2. The topological polar surface area (TPSA) is 24.9 Å². The predicted octanol–water partition coefficient (Wildman–Crippen LogP) is 11.2. The molecule has 6 atom stereocenters. The highest BCUT2D eigenvalue weighted by Gasteiger charge is 2.55. The van der Waals surface area contributed by atoms with Crippen molar-refractivity contribution < 1.29 is 9.47 Å². The van der Waals surface area contributed by atoms with E-state index >= 15 is 0 Å². The predicted molar refractivity (Wildman–Crippen MR) is 221 cm³/mol. The molecule has 2 saturated heterocycles. The maximum absolute atomic E-state index is 6.45. The first-order valence-corrected chi connectivity index (χ1v) is 23.7. The molecule has 10 rings (SSSR count). The summed E-state index contributed by atoms with van der Waals surface area (Å²) < 4.78 is 12.9. The van der Waals surface area contributed by atoms with Crippen LogP contribution in [-0.2, 0) is 23.7 Å². The fourth-order valence-electron chi connectivity index (χ4n) is 13.7. The van der Waals surface area contributed by atoms with E-state index in [0.717, 1.165) is 60.5 Å². The molecule has 6 aliphatic carbocycles. The summed E-state index contributed by atoms with van der Waals surface area (Å²) in [7, 11) is 0. The van der Waals surface area contributed by atoms with Gasteiger partial charge in [-0.25, -0.2) is 0 Å². The second-order valence-electron chi connectivity index (χ2n) is 20.1. The second kappa shape index (κ2) is 15.7. The van der Waals surface area contributed by atoms with Crippen LogP contribution in [0.1, 0.15) is 164 Å². The average molecular weight is 733 g/mol. The van der Waals surface area contributed by atoms with E-state index in [1.54, 1.807) is 22.3 Å². The highest BCUT2D eigenvalue weighted by Crippen LogP contribution is 2.58. The van der Waals surface area contributed by atoms with Crippen LogP contribution < -0.4 is 9.47 Å². The second-order valence-corrected chi connectivity index (χ2v) is 20.1. The Balaban J connectivity index is 0.627. The van der Waals surface area contributed by atoms with E-state index < -0.39 is 0 Å². The molecule has 0 unspecified atom stereocenters. The van der Waals surface area contributed by atoms with Gasteiger partial charge < -0.3 is 9.47 Å². The highest BCUT2D eigenvalue weighted by molar-refractivity contribution is 5.47. The van der Waals surface area contributed by atoms with Crippen molar-refractivity contribution in [2.45, 2.75) is 177 Å². The lowest BCUT2D eigenvalue weighted by atomic mass is 9.52. The van der Waals surface area contributed by atoms with Crippen molar-refractivity contribution in [1.82, 2.24) is 9.80 Å². The zero-order chi connectivity index (χ0) is 36.0. The first-order valence-electron chi connectivity index (χ1n) is 23.7. The van der Waals surface area contributed by atoms with Crippen molar-refractivity contribution in [2.75, 3.05) is 39.4 Å². The number of unbranched alkanes of at least 4 members (excludes halogenated alkanes) is 7. The fraction of sp³-hybridized carbons (Fsp3) is 0.760. The third-order valence-electron chi connectivity index (χ3n) is 16.8. The van der Waals surface area contributed by atoms with Gasteiger partial charge in [0.05, 0.1) is 13.2 Å². The van der Waals surface area contributed by atoms with Crippen LogP contribution in [0.4, 0.5) is 0 Å². The van der Waals surface area contributed by atoms with Crippen molar-refractivity contribution in [1.29, 1.82) is 0 Å². The third-order valence-corrected chi connectivity index (χ3v) is 16.8. The number of hydrogen-bond acceptors (Lipinski definition) is 4. The molecule has 4 nitrogen and oxygen atoms in total. The first-order chi connectivity index (χ1) is 26.7. The lowest BCUT2D eigenvalue weighted by Crippen LogP contribution is -2.61. The van der Waals surface area contributed by atoms with E-state index in [4.69, 9.17) is 9.47 Å². The molecule has 54 heavy (non-hydrogen) atoms. The van der Waals surface area contributed by atoms with E-state index in [-0.39, 0.29) is 0 Å². The number of fused-ring (bicyclic) bond motifs is 2. The Morgan fingerprint density at radius 1 is 0.500 bits per heavy atom. The van der Waals surface area contributed by atoms with E-state index in [9.17, 15) is 0 Å². The van der Waals surface area contributed by atoms with Gasteiger partial charge in [-0.3, -0.25) is 9.80 Å². The number of rotatable bonds is 17. The smallest absolute Gasteiger partial charge is 0.119 e. The van der Waals surface area contributed by atoms with E-state index in [0.29, 0.717) is 10.8 Å². The summed E-state index contributed by atoms with van der Waals surface area (Å²) in [4.78, 5) is 5.86. The average Bonchev–Trinajstić information content (AvgIpc) is 4.15. The number of piperidine rings is 2. The zero-order valence-electron chi connectivity index (χ0n) is 33.9. The fourth-order valence-corrected chi connectivity index (χ4v) is 13.7. The van der Waals surface area contributed by atoms with Gasteiger partial charge in [-0.2, -0.15) is 0 Å². The summed E-state index contributed by atoms with van der Waals surface area (Å²) in [5.41, 5.74) is 7.53. The molecular formula is C50H72N2O2. The van der Waals surface area contributed by atoms with Crippen LogP contribution in [0.15, 0.2) is 36.4 Å². The lowest BCUT2D eigenvalue weighted by molar-refractivity contribution is -0.0135. The molecule has 0 amide bonds. The van der Waals surface area contributed by atoms with Gasteiger partial charge >= 0.3 is 0 Å². The minimum atomic E-state index is 0.429. The Hall–Kier alpha value is -2.04. The molecule has 0 aromatic heterocycles. The van der Waals surface area contributed by atoms with Crippen molar-refractivity contribution in [2.24, 2.45) is 23.7 Å². The molecule has 0 radical (unpaired) electrons. The maximum atomic E-state index is 6.45. The van der Waals surface area contributed by atoms with Gasteiger partial charge in [-0.15, -0.1) is 0 Å². The lowest BCUT2D eigenvalue weighted by Gasteiger charge is -2.59. The van der Waals surface area contributed by atoms with Crippen LogP contribution >= 0.6 is 0 Å². The Labute approximate surface area is 328 Å². The molecule has 0 N–H and O–H groups in total. The van der Waals surface area contributed by atoms with Crippen molar-refractivity contribution in [3.63, 3.8) is 0 Å². The largest absolute Gasteiger partial charge is 0.494 e. The first kappa shape index (κ1) is 36.3. The quantitative estimate of drug-likeness (QED) is 0.151. The molecule has 294 valence electrons. The molecule has 2 heterocycles. The van der Waals surface area contributed by atoms with Crippen molar-refractivity contribution >= 4 is 0 Å². The number of likely N-dealkylation sites (tertiary alicyclic amines) is 2. The summed E-state index contributed by atoms with van der Waals surface area (Å²) in [5.74, 6) is 6.02. The van der Waals surface area contributed by atoms with E-state index in [1.807, 2.05) is 0 Å².